The fourth-order valence-electron chi connectivity index (χ4n) is 1.95. The second-order valence-corrected chi connectivity index (χ2v) is 3.91. The molecule has 0 amide bonds. The Balaban J connectivity index is 1.99. The van der Waals surface area contributed by atoms with Crippen molar-refractivity contribution < 1.29 is 9.15 Å². The summed E-state index contributed by atoms with van der Waals surface area (Å²) in [6, 6.07) is 8.17. The maximum absolute atomic E-state index is 5.70. The Kier molecular flexibility index (Phi) is 2.46. The molecule has 3 rings (SSSR count). The topological polar surface area (TPSA) is 38.5 Å². The first kappa shape index (κ1) is 10.2. The second kappa shape index (κ2) is 4.11. The molecule has 17 heavy (non-hydrogen) atoms. The molecule has 4 nitrogen and oxygen atoms in total. The van der Waals surface area contributed by atoms with E-state index in [1.807, 2.05) is 29.2 Å². The van der Waals surface area contributed by atoms with Crippen LogP contribution in [0.3, 0.4) is 0 Å². The third kappa shape index (κ3) is 1.75. The minimum Gasteiger partial charge on any atom is -0.423 e. The number of ether oxygens (including phenoxy) is 1. The van der Waals surface area contributed by atoms with Crippen LogP contribution in [0.4, 0.5) is 6.01 Å². The third-order valence-corrected chi connectivity index (χ3v) is 2.85. The van der Waals surface area contributed by atoms with Gasteiger partial charge in [0, 0.05) is 6.54 Å². The van der Waals surface area contributed by atoms with Gasteiger partial charge in [-0.15, -0.1) is 6.42 Å². The normalized spacial score (nSPS) is 20.4. The molecule has 1 aromatic heterocycles. The Morgan fingerprint density at radius 1 is 1.41 bits per heavy atom. The van der Waals surface area contributed by atoms with E-state index >= 15 is 0 Å². The molecule has 0 unspecified atom stereocenters. The number of fused-ring (bicyclic) bond motifs is 1. The number of para-hydroxylation sites is 2. The standard InChI is InChI=1S/C13H12N2O2/c1-2-10-9-16-8-7-15(10)13-14-11-5-3-4-6-12(11)17-13/h1,3-6,10H,7-9H2/t10-/m0/s1. The van der Waals surface area contributed by atoms with E-state index in [1.54, 1.807) is 0 Å². The molecule has 1 saturated heterocycles. The number of benzene rings is 1. The number of hydrogen-bond donors (Lipinski definition) is 0. The van der Waals surface area contributed by atoms with Crippen LogP contribution in [-0.2, 0) is 4.74 Å². The second-order valence-electron chi connectivity index (χ2n) is 3.91. The fourth-order valence-corrected chi connectivity index (χ4v) is 1.95. The Bertz CT molecular complexity index is 537. The molecule has 0 saturated carbocycles. The Labute approximate surface area is 99.2 Å². The number of anilines is 1. The Hall–Kier alpha value is -1.99. The van der Waals surface area contributed by atoms with Crippen LogP contribution in [-0.4, -0.2) is 30.8 Å². The monoisotopic (exact) mass is 228 g/mol. The van der Waals surface area contributed by atoms with Gasteiger partial charge in [0.25, 0.3) is 6.01 Å². The maximum atomic E-state index is 5.70. The molecule has 2 heterocycles. The van der Waals surface area contributed by atoms with Crippen molar-refractivity contribution in [3.05, 3.63) is 24.3 Å². The maximum Gasteiger partial charge on any atom is 0.299 e. The highest BCUT2D eigenvalue weighted by Crippen LogP contribution is 2.24. The summed E-state index contributed by atoms with van der Waals surface area (Å²) in [6.45, 7) is 1.88. The summed E-state index contributed by atoms with van der Waals surface area (Å²) in [4.78, 5) is 6.42. The van der Waals surface area contributed by atoms with Crippen LogP contribution < -0.4 is 4.90 Å². The summed E-state index contributed by atoms with van der Waals surface area (Å²) >= 11 is 0. The van der Waals surface area contributed by atoms with E-state index in [-0.39, 0.29) is 6.04 Å². The zero-order chi connectivity index (χ0) is 11.7. The lowest BCUT2D eigenvalue weighted by atomic mass is 10.2. The fraction of sp³-hybridized carbons (Fsp3) is 0.308. The van der Waals surface area contributed by atoms with Gasteiger partial charge in [0.05, 0.1) is 13.2 Å². The predicted octanol–water partition coefficient (Wildman–Crippen LogP) is 1.67. The van der Waals surface area contributed by atoms with E-state index in [9.17, 15) is 0 Å². The van der Waals surface area contributed by atoms with Crippen molar-refractivity contribution >= 4 is 17.1 Å². The zero-order valence-corrected chi connectivity index (χ0v) is 9.30. The molecular weight excluding hydrogens is 216 g/mol. The molecule has 2 aromatic rings. The van der Waals surface area contributed by atoms with Gasteiger partial charge in [0.1, 0.15) is 11.6 Å². The van der Waals surface area contributed by atoms with E-state index in [0.29, 0.717) is 25.8 Å². The minimum atomic E-state index is -0.100. The number of hydrogen-bond acceptors (Lipinski definition) is 4. The van der Waals surface area contributed by atoms with Crippen LogP contribution in [0.5, 0.6) is 0 Å². The molecule has 0 N–H and O–H groups in total. The minimum absolute atomic E-state index is 0.100. The molecule has 0 aliphatic carbocycles. The average Bonchev–Trinajstić information content (AvgIpc) is 2.82. The highest BCUT2D eigenvalue weighted by Gasteiger charge is 2.25. The van der Waals surface area contributed by atoms with Crippen molar-refractivity contribution in [2.24, 2.45) is 0 Å². The summed E-state index contributed by atoms with van der Waals surface area (Å²) in [5, 5.41) is 0. The van der Waals surface area contributed by atoms with E-state index < -0.39 is 0 Å². The molecule has 1 aromatic carbocycles. The smallest absolute Gasteiger partial charge is 0.299 e. The number of terminal acetylenes is 1. The zero-order valence-electron chi connectivity index (χ0n) is 9.30. The van der Waals surface area contributed by atoms with E-state index in [1.165, 1.54) is 0 Å². The molecule has 1 aliphatic heterocycles. The van der Waals surface area contributed by atoms with Gasteiger partial charge in [-0.2, -0.15) is 4.98 Å². The van der Waals surface area contributed by atoms with Crippen molar-refractivity contribution in [3.8, 4) is 12.3 Å². The van der Waals surface area contributed by atoms with Gasteiger partial charge in [-0.3, -0.25) is 0 Å². The van der Waals surface area contributed by atoms with Crippen LogP contribution >= 0.6 is 0 Å². The molecule has 86 valence electrons. The average molecular weight is 228 g/mol. The lowest BCUT2D eigenvalue weighted by molar-refractivity contribution is 0.105. The van der Waals surface area contributed by atoms with Crippen LogP contribution in [0.15, 0.2) is 28.7 Å². The predicted molar refractivity (Wildman–Crippen MR) is 64.8 cm³/mol. The number of aromatic nitrogens is 1. The third-order valence-electron chi connectivity index (χ3n) is 2.85. The lowest BCUT2D eigenvalue weighted by Crippen LogP contribution is -2.44. The van der Waals surface area contributed by atoms with Gasteiger partial charge in [-0.25, -0.2) is 0 Å². The highest BCUT2D eigenvalue weighted by atomic mass is 16.5. The van der Waals surface area contributed by atoms with Gasteiger partial charge in [-0.05, 0) is 12.1 Å². The summed E-state index contributed by atoms with van der Waals surface area (Å²) in [5.74, 6) is 2.70. The van der Waals surface area contributed by atoms with E-state index in [2.05, 4.69) is 10.9 Å². The van der Waals surface area contributed by atoms with Crippen molar-refractivity contribution in [1.29, 1.82) is 0 Å². The van der Waals surface area contributed by atoms with Gasteiger partial charge in [-0.1, -0.05) is 18.1 Å². The largest absolute Gasteiger partial charge is 0.423 e. The van der Waals surface area contributed by atoms with Crippen LogP contribution in [0.1, 0.15) is 0 Å². The first-order valence-corrected chi connectivity index (χ1v) is 5.54. The summed E-state index contributed by atoms with van der Waals surface area (Å²) in [6.07, 6.45) is 5.48. The Morgan fingerprint density at radius 2 is 2.29 bits per heavy atom. The quantitative estimate of drug-likeness (QED) is 0.696. The van der Waals surface area contributed by atoms with Crippen molar-refractivity contribution in [1.82, 2.24) is 4.98 Å². The molecule has 1 atom stereocenters. The lowest BCUT2D eigenvalue weighted by Gasteiger charge is -2.30. The van der Waals surface area contributed by atoms with Gasteiger partial charge < -0.3 is 14.1 Å². The van der Waals surface area contributed by atoms with Crippen molar-refractivity contribution in [2.75, 3.05) is 24.7 Å². The molecule has 1 fully saturated rings. The van der Waals surface area contributed by atoms with Gasteiger partial charge in [0.2, 0.25) is 0 Å². The van der Waals surface area contributed by atoms with Gasteiger partial charge >= 0.3 is 0 Å². The van der Waals surface area contributed by atoms with Crippen LogP contribution in [0.2, 0.25) is 0 Å². The molecule has 0 spiro atoms. The molecule has 0 bridgehead atoms. The molecular formula is C13H12N2O2. The number of morpholine rings is 1. The van der Waals surface area contributed by atoms with Crippen LogP contribution in [0.25, 0.3) is 11.1 Å². The highest BCUT2D eigenvalue weighted by molar-refractivity contribution is 5.74. The van der Waals surface area contributed by atoms with Crippen molar-refractivity contribution in [3.63, 3.8) is 0 Å². The molecule has 4 heteroatoms. The van der Waals surface area contributed by atoms with E-state index in [4.69, 9.17) is 15.6 Å². The molecule has 1 aliphatic rings. The SMILES string of the molecule is C#C[C@H]1COCCN1c1nc2ccccc2o1. The Morgan fingerprint density at radius 3 is 3.12 bits per heavy atom. The van der Waals surface area contributed by atoms with Gasteiger partial charge in [0.15, 0.2) is 5.58 Å². The summed E-state index contributed by atoms with van der Waals surface area (Å²) in [7, 11) is 0. The summed E-state index contributed by atoms with van der Waals surface area (Å²) < 4.78 is 11.0. The summed E-state index contributed by atoms with van der Waals surface area (Å²) in [5.41, 5.74) is 1.63. The van der Waals surface area contributed by atoms with Crippen LogP contribution in [0, 0.1) is 12.3 Å². The molecule has 0 radical (unpaired) electrons. The number of nitrogens with zero attached hydrogens (tertiary/aromatic N) is 2. The van der Waals surface area contributed by atoms with Crippen molar-refractivity contribution in [2.45, 2.75) is 6.04 Å². The first-order valence-electron chi connectivity index (χ1n) is 5.54. The number of rotatable bonds is 1. The van der Waals surface area contributed by atoms with E-state index in [0.717, 1.165) is 11.1 Å². The first-order chi connectivity index (χ1) is 8.38. The number of oxazole rings is 1.